The van der Waals surface area contributed by atoms with E-state index in [0.717, 1.165) is 10.0 Å². The van der Waals surface area contributed by atoms with Crippen molar-refractivity contribution in [2.45, 2.75) is 17.2 Å². The smallest absolute Gasteiger partial charge is 0.312 e. The van der Waals surface area contributed by atoms with Crippen LogP contribution in [-0.2, 0) is 29.1 Å². The highest BCUT2D eigenvalue weighted by atomic mass is 79.9. The van der Waals surface area contributed by atoms with E-state index in [1.165, 1.54) is 18.5 Å². The van der Waals surface area contributed by atoms with E-state index in [-0.39, 0.29) is 17.6 Å². The number of hydrogen-bond donors (Lipinski definition) is 0. The summed E-state index contributed by atoms with van der Waals surface area (Å²) < 4.78 is 51.8. The lowest BCUT2D eigenvalue weighted by Gasteiger charge is -2.28. The maximum atomic E-state index is 13.3. The van der Waals surface area contributed by atoms with Gasteiger partial charge in [0.05, 0.1) is 16.7 Å². The lowest BCUT2D eigenvalue weighted by molar-refractivity contribution is 0.268. The summed E-state index contributed by atoms with van der Waals surface area (Å²) in [6, 6.07) is 13.7. The van der Waals surface area contributed by atoms with Gasteiger partial charge in [0.15, 0.2) is 0 Å². The molecule has 2 aromatic rings. The maximum absolute atomic E-state index is 13.3. The van der Waals surface area contributed by atoms with Crippen LogP contribution in [0.3, 0.4) is 0 Å². The minimum absolute atomic E-state index is 0.0667. The molecule has 0 aromatic heterocycles. The normalized spacial score (nSPS) is 19.9. The van der Waals surface area contributed by atoms with E-state index in [2.05, 4.69) is 15.9 Å². The zero-order valence-electron chi connectivity index (χ0n) is 15.3. The van der Waals surface area contributed by atoms with Crippen molar-refractivity contribution in [1.29, 1.82) is 0 Å². The van der Waals surface area contributed by atoms with Crippen molar-refractivity contribution in [1.82, 2.24) is 0 Å². The molecular formula is C18H21BrNO5PS. The molecule has 0 saturated carbocycles. The average Bonchev–Trinajstić information content (AvgIpc) is 2.95. The first kappa shape index (κ1) is 20.6. The molecule has 2 aromatic carbocycles. The Bertz CT molecular complexity index is 990. The van der Waals surface area contributed by atoms with E-state index < -0.39 is 23.0 Å². The zero-order chi connectivity index (χ0) is 19.9. The van der Waals surface area contributed by atoms with Crippen LogP contribution in [0.25, 0.3) is 0 Å². The van der Waals surface area contributed by atoms with E-state index in [0.29, 0.717) is 5.69 Å². The van der Waals surface area contributed by atoms with Crippen LogP contribution in [0.15, 0.2) is 57.9 Å². The topological polar surface area (TPSA) is 72.9 Å². The third-order valence-electron chi connectivity index (χ3n) is 4.80. The van der Waals surface area contributed by atoms with Crippen LogP contribution in [0.4, 0.5) is 5.69 Å². The van der Waals surface area contributed by atoms with Crippen LogP contribution in [0.2, 0.25) is 0 Å². The summed E-state index contributed by atoms with van der Waals surface area (Å²) in [5, 5.41) is 0. The Hall–Kier alpha value is -1.18. The first-order chi connectivity index (χ1) is 12.6. The molecule has 0 aliphatic carbocycles. The molecule has 1 unspecified atom stereocenters. The summed E-state index contributed by atoms with van der Waals surface area (Å²) in [5.74, 6) is 0. The summed E-state index contributed by atoms with van der Waals surface area (Å²) in [4.78, 5) is 0.213. The molecule has 0 saturated heterocycles. The van der Waals surface area contributed by atoms with Gasteiger partial charge in [-0.1, -0.05) is 41.1 Å². The van der Waals surface area contributed by atoms with Gasteiger partial charge in [-0.15, -0.1) is 0 Å². The Balaban J connectivity index is 2.12. The minimum atomic E-state index is -3.76. The second-order valence-electron chi connectivity index (χ2n) is 6.68. The fraction of sp³-hybridized carbons (Fsp3) is 0.333. The molecule has 27 heavy (non-hydrogen) atoms. The molecule has 0 bridgehead atoms. The number of fused-ring (bicyclic) bond motifs is 1. The van der Waals surface area contributed by atoms with Crippen LogP contribution < -0.4 is 4.31 Å². The number of nitrogens with zero attached hydrogens (tertiary/aromatic N) is 1. The molecule has 0 amide bonds. The molecule has 1 aliphatic heterocycles. The number of sulfonamides is 1. The number of rotatable bonds is 6. The van der Waals surface area contributed by atoms with Crippen LogP contribution >= 0.6 is 23.5 Å². The lowest BCUT2D eigenvalue weighted by Crippen LogP contribution is -2.37. The van der Waals surface area contributed by atoms with E-state index in [1.54, 1.807) is 42.5 Å². The quantitative estimate of drug-likeness (QED) is 0.581. The molecule has 6 nitrogen and oxygen atoms in total. The van der Waals surface area contributed by atoms with E-state index in [4.69, 9.17) is 9.05 Å². The number of anilines is 1. The standard InChI is InChI=1S/C18H21BrNO5PS/c1-18(13-26(21,24-2)25-3)12-20(17-10-9-14(19)11-16(17)18)27(22,23)15-7-5-4-6-8-15/h4-11H,12-13H2,1-3H3. The first-order valence-corrected chi connectivity index (χ1v) is 12.2. The highest BCUT2D eigenvalue weighted by Crippen LogP contribution is 2.55. The van der Waals surface area contributed by atoms with Crippen LogP contribution in [0.5, 0.6) is 0 Å². The Labute approximate surface area is 168 Å². The summed E-state index contributed by atoms with van der Waals surface area (Å²) in [7, 11) is -4.44. The first-order valence-electron chi connectivity index (χ1n) is 8.24. The van der Waals surface area contributed by atoms with Crippen molar-refractivity contribution in [3.63, 3.8) is 0 Å². The molecule has 9 heteroatoms. The molecule has 1 heterocycles. The van der Waals surface area contributed by atoms with Gasteiger partial charge in [0.1, 0.15) is 0 Å². The molecular weight excluding hydrogens is 453 g/mol. The van der Waals surface area contributed by atoms with Gasteiger partial charge >= 0.3 is 7.60 Å². The van der Waals surface area contributed by atoms with Gasteiger partial charge in [0.25, 0.3) is 10.0 Å². The largest absolute Gasteiger partial charge is 0.331 e. The van der Waals surface area contributed by atoms with Crippen molar-refractivity contribution >= 4 is 39.2 Å². The van der Waals surface area contributed by atoms with Crippen LogP contribution in [0.1, 0.15) is 12.5 Å². The van der Waals surface area contributed by atoms with Crippen LogP contribution in [-0.4, -0.2) is 35.3 Å². The van der Waals surface area contributed by atoms with E-state index >= 15 is 0 Å². The molecule has 0 N–H and O–H groups in total. The number of hydrogen-bond acceptors (Lipinski definition) is 5. The van der Waals surface area contributed by atoms with Crippen molar-refractivity contribution in [2.75, 3.05) is 31.2 Å². The Morgan fingerprint density at radius 1 is 1.15 bits per heavy atom. The molecule has 3 rings (SSSR count). The zero-order valence-corrected chi connectivity index (χ0v) is 18.6. The maximum Gasteiger partial charge on any atom is 0.331 e. The summed E-state index contributed by atoms with van der Waals surface area (Å²) in [6.07, 6.45) is 0.0667. The lowest BCUT2D eigenvalue weighted by atomic mass is 9.87. The van der Waals surface area contributed by atoms with Crippen molar-refractivity contribution in [3.05, 3.63) is 58.6 Å². The van der Waals surface area contributed by atoms with Gasteiger partial charge in [-0.3, -0.25) is 8.87 Å². The second-order valence-corrected chi connectivity index (χ2v) is 11.7. The average molecular weight is 474 g/mol. The molecule has 0 fully saturated rings. The number of benzene rings is 2. The van der Waals surface area contributed by atoms with Crippen molar-refractivity contribution in [3.8, 4) is 0 Å². The Morgan fingerprint density at radius 3 is 2.37 bits per heavy atom. The summed E-state index contributed by atoms with van der Waals surface area (Å²) in [5.41, 5.74) is 0.622. The summed E-state index contributed by atoms with van der Waals surface area (Å²) in [6.45, 7) is 2.02. The third kappa shape index (κ3) is 3.74. The van der Waals surface area contributed by atoms with Crippen molar-refractivity contribution in [2.24, 2.45) is 0 Å². The van der Waals surface area contributed by atoms with E-state index in [9.17, 15) is 13.0 Å². The van der Waals surface area contributed by atoms with Gasteiger partial charge in [-0.25, -0.2) is 8.42 Å². The van der Waals surface area contributed by atoms with Gasteiger partial charge in [0, 0.05) is 30.7 Å². The monoisotopic (exact) mass is 473 g/mol. The highest BCUT2D eigenvalue weighted by Gasteiger charge is 2.48. The predicted octanol–water partition coefficient (Wildman–Crippen LogP) is 4.40. The van der Waals surface area contributed by atoms with Gasteiger partial charge in [-0.2, -0.15) is 0 Å². The Morgan fingerprint density at radius 2 is 1.78 bits per heavy atom. The van der Waals surface area contributed by atoms with Gasteiger partial charge in [-0.05, 0) is 35.9 Å². The molecule has 0 spiro atoms. The SMILES string of the molecule is COP(=O)(CC1(C)CN(S(=O)(=O)c2ccccc2)c2ccc(Br)cc21)OC. The second kappa shape index (κ2) is 7.33. The van der Waals surface area contributed by atoms with Gasteiger partial charge in [0.2, 0.25) is 0 Å². The third-order valence-corrected chi connectivity index (χ3v) is 9.27. The minimum Gasteiger partial charge on any atom is -0.312 e. The van der Waals surface area contributed by atoms with Crippen LogP contribution in [0, 0.1) is 0 Å². The predicted molar refractivity (Wildman–Crippen MR) is 109 cm³/mol. The molecule has 1 aliphatic rings. The Kier molecular flexibility index (Phi) is 5.58. The molecule has 0 radical (unpaired) electrons. The highest BCUT2D eigenvalue weighted by molar-refractivity contribution is 9.10. The number of halogens is 1. The van der Waals surface area contributed by atoms with E-state index in [1.807, 2.05) is 13.0 Å². The van der Waals surface area contributed by atoms with Crippen molar-refractivity contribution < 1.29 is 22.0 Å². The fourth-order valence-electron chi connectivity index (χ4n) is 3.40. The molecule has 146 valence electrons. The molecule has 1 atom stereocenters. The fourth-order valence-corrected chi connectivity index (χ4v) is 6.92. The summed E-state index contributed by atoms with van der Waals surface area (Å²) >= 11 is 3.45. The van der Waals surface area contributed by atoms with Gasteiger partial charge < -0.3 is 9.05 Å².